The van der Waals surface area contributed by atoms with Gasteiger partial charge in [0.05, 0.1) is 15.9 Å². The van der Waals surface area contributed by atoms with Crippen molar-refractivity contribution in [3.05, 3.63) is 59.8 Å². The van der Waals surface area contributed by atoms with Crippen molar-refractivity contribution < 1.29 is 9.59 Å². The molecule has 1 saturated carbocycles. The Bertz CT molecular complexity index is 933. The number of rotatable bonds is 5. The lowest BCUT2D eigenvalue weighted by Crippen LogP contribution is -2.37. The highest BCUT2D eigenvalue weighted by molar-refractivity contribution is 7.18. The van der Waals surface area contributed by atoms with E-state index in [9.17, 15) is 9.59 Å². The van der Waals surface area contributed by atoms with Crippen LogP contribution in [0.1, 0.15) is 51.8 Å². The molecule has 0 aromatic carbocycles. The Kier molecular flexibility index (Phi) is 5.43. The molecular formula is C19H20N6O2S. The SMILES string of the molecule is O=C(Nc1ccc(C(=O)NC2CCC(n3cncn3)CC2)s1)c1ccncc1. The van der Waals surface area contributed by atoms with Gasteiger partial charge >= 0.3 is 0 Å². The lowest BCUT2D eigenvalue weighted by molar-refractivity contribution is 0.0925. The van der Waals surface area contributed by atoms with E-state index in [1.807, 2.05) is 4.68 Å². The molecule has 0 radical (unpaired) electrons. The number of pyridine rings is 1. The molecule has 0 unspecified atom stereocenters. The summed E-state index contributed by atoms with van der Waals surface area (Å²) >= 11 is 1.27. The summed E-state index contributed by atoms with van der Waals surface area (Å²) in [4.78, 5) is 33.2. The first-order valence-electron chi connectivity index (χ1n) is 9.15. The molecular weight excluding hydrogens is 376 g/mol. The maximum Gasteiger partial charge on any atom is 0.261 e. The fourth-order valence-electron chi connectivity index (χ4n) is 3.36. The zero-order valence-corrected chi connectivity index (χ0v) is 15.9. The van der Waals surface area contributed by atoms with Crippen molar-refractivity contribution in [2.45, 2.75) is 37.8 Å². The van der Waals surface area contributed by atoms with E-state index in [-0.39, 0.29) is 17.9 Å². The smallest absolute Gasteiger partial charge is 0.261 e. The molecule has 2 amide bonds. The van der Waals surface area contributed by atoms with Crippen molar-refractivity contribution in [2.24, 2.45) is 0 Å². The van der Waals surface area contributed by atoms with Crippen LogP contribution in [0.3, 0.4) is 0 Å². The summed E-state index contributed by atoms with van der Waals surface area (Å²) in [5.74, 6) is -0.318. The molecule has 1 aliphatic rings. The topological polar surface area (TPSA) is 102 Å². The summed E-state index contributed by atoms with van der Waals surface area (Å²) in [7, 11) is 0. The quantitative estimate of drug-likeness (QED) is 0.690. The molecule has 1 aliphatic carbocycles. The zero-order valence-electron chi connectivity index (χ0n) is 15.1. The van der Waals surface area contributed by atoms with Gasteiger partial charge in [-0.15, -0.1) is 11.3 Å². The van der Waals surface area contributed by atoms with Gasteiger partial charge < -0.3 is 10.6 Å². The number of thiophene rings is 1. The third kappa shape index (κ3) is 4.25. The molecule has 0 saturated heterocycles. The van der Waals surface area contributed by atoms with Gasteiger partial charge in [-0.3, -0.25) is 14.6 Å². The molecule has 28 heavy (non-hydrogen) atoms. The number of nitrogens with zero attached hydrogens (tertiary/aromatic N) is 4. The fraction of sp³-hybridized carbons (Fsp3) is 0.316. The highest BCUT2D eigenvalue weighted by Crippen LogP contribution is 2.28. The third-order valence-corrected chi connectivity index (χ3v) is 5.85. The molecule has 0 spiro atoms. The number of anilines is 1. The van der Waals surface area contributed by atoms with Crippen LogP contribution in [0.5, 0.6) is 0 Å². The number of carbonyl (C=O) groups excluding carboxylic acids is 2. The summed E-state index contributed by atoms with van der Waals surface area (Å²) in [6.45, 7) is 0. The van der Waals surface area contributed by atoms with Gasteiger partial charge in [-0.05, 0) is 49.9 Å². The van der Waals surface area contributed by atoms with E-state index in [0.717, 1.165) is 25.7 Å². The van der Waals surface area contributed by atoms with E-state index in [0.29, 0.717) is 21.5 Å². The molecule has 8 nitrogen and oxygen atoms in total. The third-order valence-electron chi connectivity index (χ3n) is 4.85. The summed E-state index contributed by atoms with van der Waals surface area (Å²) in [5, 5.41) is 10.8. The number of carbonyl (C=O) groups is 2. The largest absolute Gasteiger partial charge is 0.349 e. The lowest BCUT2D eigenvalue weighted by atomic mass is 9.91. The second kappa shape index (κ2) is 8.30. The van der Waals surface area contributed by atoms with Crippen LogP contribution in [-0.2, 0) is 0 Å². The number of hydrogen-bond donors (Lipinski definition) is 2. The average Bonchev–Trinajstić information content (AvgIpc) is 3.41. The maximum absolute atomic E-state index is 12.5. The summed E-state index contributed by atoms with van der Waals surface area (Å²) in [6, 6.07) is 7.29. The van der Waals surface area contributed by atoms with Gasteiger partial charge in [0, 0.05) is 24.0 Å². The van der Waals surface area contributed by atoms with Gasteiger partial charge in [-0.1, -0.05) is 0 Å². The van der Waals surface area contributed by atoms with Crippen molar-refractivity contribution >= 4 is 28.2 Å². The number of hydrogen-bond acceptors (Lipinski definition) is 6. The van der Waals surface area contributed by atoms with Crippen molar-refractivity contribution in [1.29, 1.82) is 0 Å². The van der Waals surface area contributed by atoms with Crippen molar-refractivity contribution in [3.8, 4) is 0 Å². The standard InChI is InChI=1S/C19H20N6O2S/c26-18(13-7-9-20-10-8-13)24-17-6-5-16(28-17)19(27)23-14-1-3-15(4-2-14)25-12-21-11-22-25/h5-12,14-15H,1-4H2,(H,23,27)(H,24,26). The van der Waals surface area contributed by atoms with E-state index < -0.39 is 0 Å². The Morgan fingerprint density at radius 1 is 1.00 bits per heavy atom. The molecule has 2 N–H and O–H groups in total. The maximum atomic E-state index is 12.5. The molecule has 144 valence electrons. The summed E-state index contributed by atoms with van der Waals surface area (Å²) in [5.41, 5.74) is 0.526. The minimum absolute atomic E-state index is 0.0985. The molecule has 1 fully saturated rings. The van der Waals surface area contributed by atoms with Crippen LogP contribution in [0.25, 0.3) is 0 Å². The normalized spacial score (nSPS) is 19.1. The summed E-state index contributed by atoms with van der Waals surface area (Å²) in [6.07, 6.45) is 10.2. The van der Waals surface area contributed by atoms with Crippen LogP contribution in [0.15, 0.2) is 49.3 Å². The van der Waals surface area contributed by atoms with Gasteiger partial charge in [0.2, 0.25) is 0 Å². The van der Waals surface area contributed by atoms with E-state index in [2.05, 4.69) is 25.7 Å². The van der Waals surface area contributed by atoms with Crippen LogP contribution in [0.4, 0.5) is 5.00 Å². The Hall–Kier alpha value is -3.07. The molecule has 4 rings (SSSR count). The van der Waals surface area contributed by atoms with Crippen molar-refractivity contribution in [3.63, 3.8) is 0 Å². The second-order valence-corrected chi connectivity index (χ2v) is 7.79. The number of aromatic nitrogens is 4. The predicted octanol–water partition coefficient (Wildman–Crippen LogP) is 2.90. The van der Waals surface area contributed by atoms with Crippen LogP contribution in [0.2, 0.25) is 0 Å². The molecule has 9 heteroatoms. The van der Waals surface area contributed by atoms with E-state index in [1.165, 1.54) is 11.3 Å². The van der Waals surface area contributed by atoms with Crippen molar-refractivity contribution in [2.75, 3.05) is 5.32 Å². The zero-order chi connectivity index (χ0) is 19.3. The first-order chi connectivity index (χ1) is 13.7. The Morgan fingerprint density at radius 3 is 2.50 bits per heavy atom. The Morgan fingerprint density at radius 2 is 1.79 bits per heavy atom. The van der Waals surface area contributed by atoms with E-state index in [4.69, 9.17) is 0 Å². The lowest BCUT2D eigenvalue weighted by Gasteiger charge is -2.28. The van der Waals surface area contributed by atoms with Crippen LogP contribution < -0.4 is 10.6 Å². The molecule has 3 aromatic heterocycles. The molecule has 0 bridgehead atoms. The van der Waals surface area contributed by atoms with Crippen molar-refractivity contribution in [1.82, 2.24) is 25.1 Å². The van der Waals surface area contributed by atoms with E-state index >= 15 is 0 Å². The minimum atomic E-state index is -0.220. The van der Waals surface area contributed by atoms with Gasteiger partial charge in [0.15, 0.2) is 0 Å². The second-order valence-electron chi connectivity index (χ2n) is 6.71. The molecule has 3 heterocycles. The van der Waals surface area contributed by atoms with Crippen LogP contribution in [0, 0.1) is 0 Å². The molecule has 0 aliphatic heterocycles. The van der Waals surface area contributed by atoms with Crippen LogP contribution >= 0.6 is 11.3 Å². The summed E-state index contributed by atoms with van der Waals surface area (Å²) < 4.78 is 1.90. The highest BCUT2D eigenvalue weighted by Gasteiger charge is 2.24. The van der Waals surface area contributed by atoms with Crippen LogP contribution in [-0.4, -0.2) is 37.6 Å². The monoisotopic (exact) mass is 396 g/mol. The molecule has 3 aromatic rings. The van der Waals surface area contributed by atoms with E-state index in [1.54, 1.807) is 49.3 Å². The van der Waals surface area contributed by atoms with Gasteiger partial charge in [-0.25, -0.2) is 9.67 Å². The average molecular weight is 396 g/mol. The number of nitrogens with one attached hydrogen (secondary N) is 2. The predicted molar refractivity (Wildman–Crippen MR) is 105 cm³/mol. The first kappa shape index (κ1) is 18.3. The fourth-order valence-corrected chi connectivity index (χ4v) is 4.17. The van der Waals surface area contributed by atoms with Gasteiger partial charge in [0.1, 0.15) is 12.7 Å². The van der Waals surface area contributed by atoms with Gasteiger partial charge in [0.25, 0.3) is 11.8 Å². The van der Waals surface area contributed by atoms with Gasteiger partial charge in [-0.2, -0.15) is 5.10 Å². The highest BCUT2D eigenvalue weighted by atomic mass is 32.1. The Labute approximate surface area is 166 Å². The molecule has 0 atom stereocenters. The first-order valence-corrected chi connectivity index (χ1v) is 9.97. The minimum Gasteiger partial charge on any atom is -0.349 e. The Balaban J connectivity index is 1.29. The number of amides is 2.